The maximum absolute atomic E-state index is 13.2. The molecule has 0 fully saturated rings. The molecule has 0 aliphatic rings. The summed E-state index contributed by atoms with van der Waals surface area (Å²) >= 11 is 5.53. The van der Waals surface area contributed by atoms with Gasteiger partial charge in [-0.05, 0) is 25.0 Å². The van der Waals surface area contributed by atoms with Crippen LogP contribution >= 0.6 is 11.6 Å². The minimum Gasteiger partial charge on any atom is -0.206 e. The topological polar surface area (TPSA) is 0 Å². The molecule has 2 heteroatoms. The van der Waals surface area contributed by atoms with E-state index in [2.05, 4.69) is 0 Å². The lowest BCUT2D eigenvalue weighted by Crippen LogP contribution is -1.85. The van der Waals surface area contributed by atoms with E-state index in [0.717, 1.165) is 12.0 Å². The van der Waals surface area contributed by atoms with Gasteiger partial charge in [0, 0.05) is 11.4 Å². The minimum atomic E-state index is -0.175. The molecule has 0 radical (unpaired) electrons. The van der Waals surface area contributed by atoms with Gasteiger partial charge in [0.05, 0.1) is 0 Å². The normalized spacial score (nSPS) is 11.8. The van der Waals surface area contributed by atoms with E-state index in [0.29, 0.717) is 11.4 Å². The van der Waals surface area contributed by atoms with Gasteiger partial charge in [-0.15, -0.1) is 11.6 Å². The Bertz CT molecular complexity index is 305. The summed E-state index contributed by atoms with van der Waals surface area (Å²) in [4.78, 5) is 0. The van der Waals surface area contributed by atoms with E-state index >= 15 is 0 Å². The zero-order chi connectivity index (χ0) is 9.68. The second-order valence-electron chi connectivity index (χ2n) is 2.84. The third kappa shape index (κ3) is 2.85. The van der Waals surface area contributed by atoms with Gasteiger partial charge >= 0.3 is 0 Å². The lowest BCUT2D eigenvalue weighted by Gasteiger charge is -2.02. The molecule has 0 amide bonds. The molecule has 1 rings (SSSR count). The van der Waals surface area contributed by atoms with E-state index in [1.807, 2.05) is 19.1 Å². The quantitative estimate of drug-likeness (QED) is 0.647. The Hall–Kier alpha value is -0.820. The Morgan fingerprint density at radius 1 is 1.46 bits per heavy atom. The van der Waals surface area contributed by atoms with Crippen LogP contribution in [0.3, 0.4) is 0 Å². The van der Waals surface area contributed by atoms with E-state index in [9.17, 15) is 4.39 Å². The highest BCUT2D eigenvalue weighted by molar-refractivity contribution is 6.17. The third-order valence-corrected chi connectivity index (χ3v) is 2.08. The van der Waals surface area contributed by atoms with Crippen LogP contribution in [-0.4, -0.2) is 5.88 Å². The maximum Gasteiger partial charge on any atom is 0.130 e. The molecule has 70 valence electrons. The molecule has 0 aromatic heterocycles. The monoisotopic (exact) mass is 198 g/mol. The number of hydrogen-bond acceptors (Lipinski definition) is 0. The molecular formula is C11H12ClF. The van der Waals surface area contributed by atoms with Crippen molar-refractivity contribution in [1.82, 2.24) is 0 Å². The standard InChI is InChI=1S/C11H12ClF/c1-9(5-4-8-12)10-6-2-3-7-11(10)13/h2-3,5-7H,4,8H2,1H3. The van der Waals surface area contributed by atoms with Crippen LogP contribution in [0.5, 0.6) is 0 Å². The van der Waals surface area contributed by atoms with Gasteiger partial charge in [0.15, 0.2) is 0 Å². The van der Waals surface area contributed by atoms with Crippen LogP contribution in [0.1, 0.15) is 18.9 Å². The number of rotatable bonds is 3. The summed E-state index contributed by atoms with van der Waals surface area (Å²) in [5.41, 5.74) is 1.60. The van der Waals surface area contributed by atoms with Gasteiger partial charge in [-0.1, -0.05) is 24.3 Å². The van der Waals surface area contributed by atoms with E-state index in [1.165, 1.54) is 6.07 Å². The molecular weight excluding hydrogens is 187 g/mol. The molecule has 1 aromatic carbocycles. The van der Waals surface area contributed by atoms with Gasteiger partial charge in [0.25, 0.3) is 0 Å². The molecule has 0 nitrogen and oxygen atoms in total. The first-order chi connectivity index (χ1) is 6.25. The van der Waals surface area contributed by atoms with E-state index in [4.69, 9.17) is 11.6 Å². The fourth-order valence-corrected chi connectivity index (χ4v) is 1.27. The molecule has 0 bridgehead atoms. The van der Waals surface area contributed by atoms with Crippen LogP contribution in [0, 0.1) is 5.82 Å². The van der Waals surface area contributed by atoms with Crippen molar-refractivity contribution in [1.29, 1.82) is 0 Å². The molecule has 0 unspecified atom stereocenters. The lowest BCUT2D eigenvalue weighted by atomic mass is 10.1. The van der Waals surface area contributed by atoms with Crippen LogP contribution in [0.25, 0.3) is 5.57 Å². The summed E-state index contributed by atoms with van der Waals surface area (Å²) in [6.07, 6.45) is 2.73. The van der Waals surface area contributed by atoms with E-state index in [-0.39, 0.29) is 5.82 Å². The molecule has 1 aromatic rings. The minimum absolute atomic E-state index is 0.175. The fourth-order valence-electron chi connectivity index (χ4n) is 1.16. The van der Waals surface area contributed by atoms with Crippen LogP contribution in [0.2, 0.25) is 0 Å². The van der Waals surface area contributed by atoms with E-state index in [1.54, 1.807) is 12.1 Å². The predicted octanol–water partition coefficient (Wildman–Crippen LogP) is 3.86. The van der Waals surface area contributed by atoms with Gasteiger partial charge in [-0.2, -0.15) is 0 Å². The van der Waals surface area contributed by atoms with Crippen molar-refractivity contribution in [3.05, 3.63) is 41.7 Å². The van der Waals surface area contributed by atoms with Crippen molar-refractivity contribution in [2.45, 2.75) is 13.3 Å². The molecule has 13 heavy (non-hydrogen) atoms. The highest BCUT2D eigenvalue weighted by atomic mass is 35.5. The van der Waals surface area contributed by atoms with Crippen molar-refractivity contribution in [2.75, 3.05) is 5.88 Å². The van der Waals surface area contributed by atoms with Crippen LogP contribution in [-0.2, 0) is 0 Å². The number of halogens is 2. The summed E-state index contributed by atoms with van der Waals surface area (Å²) in [5, 5.41) is 0. The molecule has 0 aliphatic carbocycles. The molecule has 0 aliphatic heterocycles. The van der Waals surface area contributed by atoms with Crippen molar-refractivity contribution in [2.24, 2.45) is 0 Å². The molecule has 0 heterocycles. The summed E-state index contributed by atoms with van der Waals surface area (Å²) in [7, 11) is 0. The Morgan fingerprint density at radius 2 is 2.15 bits per heavy atom. The summed E-state index contributed by atoms with van der Waals surface area (Å²) in [6, 6.07) is 6.76. The predicted molar refractivity (Wildman–Crippen MR) is 55.4 cm³/mol. The number of alkyl halides is 1. The lowest BCUT2D eigenvalue weighted by molar-refractivity contribution is 0.624. The van der Waals surface area contributed by atoms with Crippen molar-refractivity contribution in [3.63, 3.8) is 0 Å². The second-order valence-corrected chi connectivity index (χ2v) is 3.22. The van der Waals surface area contributed by atoms with Crippen molar-refractivity contribution >= 4 is 17.2 Å². The van der Waals surface area contributed by atoms with Gasteiger partial charge in [0.1, 0.15) is 5.82 Å². The molecule has 0 saturated carbocycles. The van der Waals surface area contributed by atoms with Crippen molar-refractivity contribution < 1.29 is 4.39 Å². The fraction of sp³-hybridized carbons (Fsp3) is 0.273. The van der Waals surface area contributed by atoms with Crippen LogP contribution in [0.15, 0.2) is 30.3 Å². The molecule has 0 N–H and O–H groups in total. The van der Waals surface area contributed by atoms with Gasteiger partial charge < -0.3 is 0 Å². The first kappa shape index (κ1) is 10.3. The Kier molecular flexibility index (Phi) is 3.97. The first-order valence-corrected chi connectivity index (χ1v) is 4.77. The van der Waals surface area contributed by atoms with Gasteiger partial charge in [-0.25, -0.2) is 4.39 Å². The van der Waals surface area contributed by atoms with E-state index < -0.39 is 0 Å². The molecule has 0 spiro atoms. The summed E-state index contributed by atoms with van der Waals surface area (Å²) in [5.74, 6) is 0.400. The Morgan fingerprint density at radius 3 is 2.77 bits per heavy atom. The first-order valence-electron chi connectivity index (χ1n) is 4.23. The van der Waals surface area contributed by atoms with Crippen LogP contribution in [0.4, 0.5) is 4.39 Å². The zero-order valence-electron chi connectivity index (χ0n) is 7.56. The second kappa shape index (κ2) is 5.03. The average Bonchev–Trinajstić information content (AvgIpc) is 2.15. The average molecular weight is 199 g/mol. The van der Waals surface area contributed by atoms with Crippen LogP contribution < -0.4 is 0 Å². The van der Waals surface area contributed by atoms with Gasteiger partial charge in [0.2, 0.25) is 0 Å². The number of hydrogen-bond donors (Lipinski definition) is 0. The maximum atomic E-state index is 13.2. The highest BCUT2D eigenvalue weighted by Gasteiger charge is 2.00. The smallest absolute Gasteiger partial charge is 0.130 e. The largest absolute Gasteiger partial charge is 0.206 e. The van der Waals surface area contributed by atoms with Crippen molar-refractivity contribution in [3.8, 4) is 0 Å². The number of benzene rings is 1. The molecule has 0 atom stereocenters. The third-order valence-electron chi connectivity index (χ3n) is 1.86. The highest BCUT2D eigenvalue weighted by Crippen LogP contribution is 2.17. The summed E-state index contributed by atoms with van der Waals surface area (Å²) < 4.78 is 13.2. The Labute approximate surface area is 83.0 Å². The summed E-state index contributed by atoms with van der Waals surface area (Å²) in [6.45, 7) is 1.89. The molecule has 0 saturated heterocycles. The zero-order valence-corrected chi connectivity index (χ0v) is 8.31. The van der Waals surface area contributed by atoms with Gasteiger partial charge in [-0.3, -0.25) is 0 Å². The number of allylic oxidation sites excluding steroid dienone is 2. The Balaban J connectivity index is 2.88. The SMILES string of the molecule is CC(=CCCCl)c1ccccc1F.